The minimum atomic E-state index is -3.04. The molecule has 0 aliphatic carbocycles. The topological polar surface area (TPSA) is 66.5 Å². The van der Waals surface area contributed by atoms with Crippen molar-refractivity contribution in [3.8, 4) is 0 Å². The van der Waals surface area contributed by atoms with Gasteiger partial charge in [0.2, 0.25) is 0 Å². The third-order valence-corrected chi connectivity index (χ3v) is 5.82. The van der Waals surface area contributed by atoms with E-state index in [2.05, 4.69) is 22.8 Å². The van der Waals surface area contributed by atoms with Crippen molar-refractivity contribution in [2.45, 2.75) is 38.1 Å². The Morgan fingerprint density at radius 1 is 1.45 bits per heavy atom. The van der Waals surface area contributed by atoms with Gasteiger partial charge in [-0.15, -0.1) is 11.3 Å². The summed E-state index contributed by atoms with van der Waals surface area (Å²) in [4.78, 5) is 15.5. The molecular weight excluding hydrogens is 320 g/mol. The fourth-order valence-corrected chi connectivity index (χ4v) is 3.97. The Labute approximate surface area is 136 Å². The molecule has 1 N–H and O–H groups in total. The van der Waals surface area contributed by atoms with Crippen LogP contribution in [0.1, 0.15) is 30.6 Å². The smallest absolute Gasteiger partial charge is 0.317 e. The first kappa shape index (κ1) is 17.3. The number of amides is 2. The van der Waals surface area contributed by atoms with Crippen LogP contribution in [0.25, 0.3) is 0 Å². The number of carbonyl (C=O) groups is 1. The molecule has 1 fully saturated rings. The zero-order valence-electron chi connectivity index (χ0n) is 13.0. The molecule has 1 saturated heterocycles. The van der Waals surface area contributed by atoms with Crippen molar-refractivity contribution < 1.29 is 13.2 Å². The van der Waals surface area contributed by atoms with Crippen molar-refractivity contribution in [2.75, 3.05) is 25.1 Å². The summed E-state index contributed by atoms with van der Waals surface area (Å²) < 4.78 is 22.2. The lowest BCUT2D eigenvalue weighted by atomic mass is 9.98. The number of rotatable bonds is 6. The molecule has 22 heavy (non-hydrogen) atoms. The molecule has 2 rings (SSSR count). The zero-order valence-corrected chi connectivity index (χ0v) is 14.6. The van der Waals surface area contributed by atoms with Gasteiger partial charge in [-0.1, -0.05) is 6.07 Å². The van der Waals surface area contributed by atoms with E-state index in [0.717, 1.165) is 38.6 Å². The molecule has 1 aliphatic rings. The molecule has 2 amide bonds. The Bertz CT molecular complexity index is 570. The van der Waals surface area contributed by atoms with E-state index >= 15 is 0 Å². The van der Waals surface area contributed by atoms with E-state index in [9.17, 15) is 13.2 Å². The summed E-state index contributed by atoms with van der Waals surface area (Å²) in [5.74, 6) is -0.00750. The van der Waals surface area contributed by atoms with Crippen LogP contribution in [-0.4, -0.2) is 50.5 Å². The first-order valence-corrected chi connectivity index (χ1v) is 10.6. The van der Waals surface area contributed by atoms with Gasteiger partial charge in [0.25, 0.3) is 0 Å². The highest BCUT2D eigenvalue weighted by Crippen LogP contribution is 2.22. The van der Waals surface area contributed by atoms with Gasteiger partial charge in [0.1, 0.15) is 9.84 Å². The molecule has 1 aromatic rings. The van der Waals surface area contributed by atoms with Crippen LogP contribution in [0.3, 0.4) is 0 Å². The van der Waals surface area contributed by atoms with Crippen molar-refractivity contribution >= 4 is 27.2 Å². The molecule has 2 heterocycles. The number of hydrogen-bond donors (Lipinski definition) is 1. The predicted octanol–water partition coefficient (Wildman–Crippen LogP) is 2.29. The maximum atomic E-state index is 12.3. The second kappa shape index (κ2) is 7.97. The maximum Gasteiger partial charge on any atom is 0.317 e. The van der Waals surface area contributed by atoms with E-state index in [-0.39, 0.29) is 24.4 Å². The summed E-state index contributed by atoms with van der Waals surface area (Å²) in [6.07, 6.45) is 6.36. The number of carbonyl (C=O) groups excluding carboxylic acids is 1. The van der Waals surface area contributed by atoms with E-state index in [1.54, 1.807) is 11.3 Å². The number of sulfone groups is 1. The van der Waals surface area contributed by atoms with Gasteiger partial charge in [-0.05, 0) is 43.6 Å². The number of likely N-dealkylation sites (tertiary alicyclic amines) is 1. The summed E-state index contributed by atoms with van der Waals surface area (Å²) in [5.41, 5.74) is 0. The number of aryl methyl sites for hydroxylation is 1. The van der Waals surface area contributed by atoms with Crippen LogP contribution in [0.4, 0.5) is 4.79 Å². The molecule has 0 aromatic carbocycles. The molecule has 0 unspecified atom stereocenters. The van der Waals surface area contributed by atoms with Gasteiger partial charge in [-0.25, -0.2) is 13.2 Å². The van der Waals surface area contributed by atoms with Crippen molar-refractivity contribution in [2.24, 2.45) is 0 Å². The molecule has 0 radical (unpaired) electrons. The second-order valence-electron chi connectivity index (χ2n) is 5.82. The molecule has 1 aromatic heterocycles. The molecule has 124 valence electrons. The standard InChI is InChI=1S/C15H24N2O3S2/c1-22(19,20)12-9-16-15(18)17-10-3-2-5-13(17)7-8-14-6-4-11-21-14/h4,6,11,13H,2-3,5,7-10,12H2,1H3,(H,16,18)/t13-/m1/s1. The predicted molar refractivity (Wildman–Crippen MR) is 90.1 cm³/mol. The Balaban J connectivity index is 1.84. The largest absolute Gasteiger partial charge is 0.337 e. The van der Waals surface area contributed by atoms with Gasteiger partial charge >= 0.3 is 6.03 Å². The van der Waals surface area contributed by atoms with Crippen LogP contribution in [-0.2, 0) is 16.3 Å². The number of nitrogens with zero attached hydrogens (tertiary/aromatic N) is 1. The molecule has 0 bridgehead atoms. The monoisotopic (exact) mass is 344 g/mol. The molecule has 1 atom stereocenters. The number of nitrogens with one attached hydrogen (secondary N) is 1. The molecule has 7 heteroatoms. The lowest BCUT2D eigenvalue weighted by Gasteiger charge is -2.35. The van der Waals surface area contributed by atoms with E-state index < -0.39 is 9.84 Å². The SMILES string of the molecule is CS(=O)(=O)CCNC(=O)N1CCCC[C@@H]1CCc1cccs1. The summed E-state index contributed by atoms with van der Waals surface area (Å²) in [7, 11) is -3.04. The van der Waals surface area contributed by atoms with Gasteiger partial charge in [-0.2, -0.15) is 0 Å². The van der Waals surface area contributed by atoms with Crippen molar-refractivity contribution in [1.29, 1.82) is 0 Å². The Kier molecular flexibility index (Phi) is 6.26. The number of hydrogen-bond acceptors (Lipinski definition) is 4. The van der Waals surface area contributed by atoms with Crippen LogP contribution in [0.15, 0.2) is 17.5 Å². The van der Waals surface area contributed by atoms with E-state index in [0.29, 0.717) is 0 Å². The third kappa shape index (κ3) is 5.61. The first-order valence-electron chi connectivity index (χ1n) is 7.70. The lowest BCUT2D eigenvalue weighted by molar-refractivity contribution is 0.147. The van der Waals surface area contributed by atoms with Crippen LogP contribution >= 0.6 is 11.3 Å². The molecular formula is C15H24N2O3S2. The fourth-order valence-electron chi connectivity index (χ4n) is 2.78. The van der Waals surface area contributed by atoms with Crippen LogP contribution in [0.5, 0.6) is 0 Å². The first-order chi connectivity index (χ1) is 10.5. The van der Waals surface area contributed by atoms with Gasteiger partial charge < -0.3 is 10.2 Å². The summed E-state index contributed by atoms with van der Waals surface area (Å²) >= 11 is 1.75. The van der Waals surface area contributed by atoms with Crippen molar-refractivity contribution in [3.63, 3.8) is 0 Å². The van der Waals surface area contributed by atoms with Gasteiger partial charge in [0.05, 0.1) is 5.75 Å². The van der Waals surface area contributed by atoms with Crippen molar-refractivity contribution in [3.05, 3.63) is 22.4 Å². The normalized spacial score (nSPS) is 19.1. The third-order valence-electron chi connectivity index (χ3n) is 3.94. The van der Waals surface area contributed by atoms with Crippen LogP contribution in [0, 0.1) is 0 Å². The number of urea groups is 1. The molecule has 5 nitrogen and oxygen atoms in total. The van der Waals surface area contributed by atoms with Gasteiger partial charge in [0.15, 0.2) is 0 Å². The highest BCUT2D eigenvalue weighted by molar-refractivity contribution is 7.90. The quantitative estimate of drug-likeness (QED) is 0.861. The zero-order chi connectivity index (χ0) is 16.0. The van der Waals surface area contributed by atoms with Crippen molar-refractivity contribution in [1.82, 2.24) is 10.2 Å². The van der Waals surface area contributed by atoms with Gasteiger partial charge in [0, 0.05) is 30.3 Å². The highest BCUT2D eigenvalue weighted by atomic mass is 32.2. The number of piperidine rings is 1. The highest BCUT2D eigenvalue weighted by Gasteiger charge is 2.26. The average Bonchev–Trinajstić information content (AvgIpc) is 2.97. The van der Waals surface area contributed by atoms with E-state index in [4.69, 9.17) is 0 Å². The fraction of sp³-hybridized carbons (Fsp3) is 0.667. The maximum absolute atomic E-state index is 12.3. The van der Waals surface area contributed by atoms with E-state index in [1.165, 1.54) is 11.1 Å². The lowest BCUT2D eigenvalue weighted by Crippen LogP contribution is -2.49. The second-order valence-corrected chi connectivity index (χ2v) is 9.11. The van der Waals surface area contributed by atoms with Crippen LogP contribution < -0.4 is 5.32 Å². The summed E-state index contributed by atoms with van der Waals surface area (Å²) in [6.45, 7) is 0.950. The molecule has 1 aliphatic heterocycles. The minimum Gasteiger partial charge on any atom is -0.337 e. The van der Waals surface area contributed by atoms with Gasteiger partial charge in [-0.3, -0.25) is 0 Å². The summed E-state index contributed by atoms with van der Waals surface area (Å²) in [5, 5.41) is 4.82. The Morgan fingerprint density at radius 2 is 2.27 bits per heavy atom. The van der Waals surface area contributed by atoms with E-state index in [1.807, 2.05) is 4.90 Å². The Morgan fingerprint density at radius 3 is 2.95 bits per heavy atom. The number of thiophene rings is 1. The average molecular weight is 345 g/mol. The van der Waals surface area contributed by atoms with Crippen LogP contribution in [0.2, 0.25) is 0 Å². The Hall–Kier alpha value is -1.08. The minimum absolute atomic E-state index is 0.00750. The molecule has 0 spiro atoms. The summed E-state index contributed by atoms with van der Waals surface area (Å²) in [6, 6.07) is 4.31. The molecule has 0 saturated carbocycles.